The van der Waals surface area contributed by atoms with Gasteiger partial charge in [-0.05, 0) is 6.42 Å². The summed E-state index contributed by atoms with van der Waals surface area (Å²) in [6.45, 7) is 2.65. The second kappa shape index (κ2) is 21.7. The number of aliphatic hydroxyl groups excluding tert-OH is 1. The molecule has 3 nitrogen and oxygen atoms in total. The van der Waals surface area contributed by atoms with Crippen LogP contribution in [-0.4, -0.2) is 24.2 Å². The van der Waals surface area contributed by atoms with Gasteiger partial charge in [-0.2, -0.15) is 0 Å². The van der Waals surface area contributed by atoms with Crippen molar-refractivity contribution in [2.24, 2.45) is 0 Å². The van der Waals surface area contributed by atoms with Gasteiger partial charge in [0.1, 0.15) is 0 Å². The van der Waals surface area contributed by atoms with Gasteiger partial charge in [0.25, 0.3) is 0 Å². The Kier molecular flexibility index (Phi) is 29.0. The van der Waals surface area contributed by atoms with Crippen LogP contribution in [0.3, 0.4) is 0 Å². The molecule has 0 aromatic carbocycles. The average molecular weight is 291 g/mol. The first-order valence-corrected chi connectivity index (χ1v) is 7.18. The molecule has 0 aliphatic rings. The van der Waals surface area contributed by atoms with Crippen molar-refractivity contribution in [1.82, 2.24) is 5.32 Å². The van der Waals surface area contributed by atoms with Gasteiger partial charge in [0.05, 0.1) is 6.61 Å². The Morgan fingerprint density at radius 1 is 0.947 bits per heavy atom. The van der Waals surface area contributed by atoms with E-state index < -0.39 is 0 Å². The number of aliphatic hydroxyl groups is 1. The molecule has 0 saturated heterocycles. The summed E-state index contributed by atoms with van der Waals surface area (Å²) in [4.78, 5) is 11.2. The Morgan fingerprint density at radius 2 is 1.42 bits per heavy atom. The van der Waals surface area contributed by atoms with Crippen LogP contribution >= 0.6 is 0 Å². The number of hydrogen-bond acceptors (Lipinski definition) is 2. The van der Waals surface area contributed by atoms with Crippen LogP contribution in [0.4, 0.5) is 0 Å². The summed E-state index contributed by atoms with van der Waals surface area (Å²) in [5.74, 6) is 0.0713. The smallest absolute Gasteiger partial charge is 1.00 e. The van der Waals surface area contributed by atoms with Crippen molar-refractivity contribution in [2.45, 2.75) is 71.1 Å². The number of rotatable bonds is 12. The van der Waals surface area contributed by atoms with Crippen molar-refractivity contribution >= 4 is 5.91 Å². The van der Waals surface area contributed by atoms with Gasteiger partial charge in [0.15, 0.2) is 0 Å². The van der Waals surface area contributed by atoms with Crippen LogP contribution in [0, 0.1) is 0 Å². The molecule has 0 rings (SSSR count). The van der Waals surface area contributed by atoms with Crippen LogP contribution in [0.15, 0.2) is 0 Å². The van der Waals surface area contributed by atoms with Crippen molar-refractivity contribution in [3.63, 3.8) is 0 Å². The summed E-state index contributed by atoms with van der Waals surface area (Å²) in [7, 11) is 0. The molecule has 0 saturated carbocycles. The molecule has 0 spiro atoms. The van der Waals surface area contributed by atoms with Crippen molar-refractivity contribution in [3.05, 3.63) is 0 Å². The fraction of sp³-hybridized carbons (Fsp3) is 0.929. The van der Waals surface area contributed by atoms with E-state index in [4.69, 9.17) is 5.11 Å². The monoisotopic (exact) mass is 291 g/mol. The third-order valence-corrected chi connectivity index (χ3v) is 2.94. The van der Waals surface area contributed by atoms with E-state index in [1.807, 2.05) is 0 Å². The molecule has 106 valence electrons. The van der Waals surface area contributed by atoms with Crippen molar-refractivity contribution < 1.29 is 71.9 Å². The minimum absolute atomic E-state index is 0. The third kappa shape index (κ3) is 21.9. The van der Waals surface area contributed by atoms with E-state index in [0.29, 0.717) is 13.0 Å². The Labute approximate surface area is 166 Å². The first kappa shape index (κ1) is 25.4. The number of hydrogen-bond donors (Lipinski definition) is 2. The molecule has 0 aliphatic carbocycles. The van der Waals surface area contributed by atoms with E-state index in [9.17, 15) is 4.79 Å². The molecule has 5 heteroatoms. The van der Waals surface area contributed by atoms with Gasteiger partial charge in [-0.25, -0.2) is 0 Å². The van der Waals surface area contributed by atoms with E-state index >= 15 is 0 Å². The zero-order valence-electron chi connectivity index (χ0n) is 15.3. The number of carbonyl (C=O) groups is 1. The number of amides is 1. The van der Waals surface area contributed by atoms with Gasteiger partial charge in [0, 0.05) is 13.0 Å². The molecule has 1 amide bonds. The maximum atomic E-state index is 11.2. The molecule has 0 radical (unpaired) electrons. The minimum atomic E-state index is 0. The first-order valence-electron chi connectivity index (χ1n) is 7.18. The summed E-state index contributed by atoms with van der Waals surface area (Å²) in [6.07, 6.45) is 12.1. The zero-order chi connectivity index (χ0) is 12.8. The molecule has 19 heavy (non-hydrogen) atoms. The van der Waals surface area contributed by atoms with E-state index in [1.54, 1.807) is 0 Å². The Hall–Kier alpha value is 1.43. The summed E-state index contributed by atoms with van der Waals surface area (Å²) in [5, 5.41) is 11.2. The summed E-state index contributed by atoms with van der Waals surface area (Å²) >= 11 is 0. The number of nitrogens with one attached hydrogen (secondary N) is 1. The minimum Gasteiger partial charge on any atom is -1.00 e. The van der Waals surface area contributed by atoms with Gasteiger partial charge in [0.2, 0.25) is 5.91 Å². The maximum absolute atomic E-state index is 11.2. The zero-order valence-corrected chi connectivity index (χ0v) is 17.3. The van der Waals surface area contributed by atoms with Crippen LogP contribution in [0.5, 0.6) is 0 Å². The van der Waals surface area contributed by atoms with E-state index in [2.05, 4.69) is 12.2 Å². The van der Waals surface area contributed by atoms with E-state index in [1.165, 1.54) is 44.9 Å². The number of carbonyl (C=O) groups excluding carboxylic acids is 1. The van der Waals surface area contributed by atoms with Crippen molar-refractivity contribution in [1.29, 1.82) is 0 Å². The molecule has 0 aliphatic heterocycles. The molecule has 0 fully saturated rings. The molecule has 0 atom stereocenters. The molecule has 0 bridgehead atoms. The standard InChI is InChI=1S/C14H29NO2.2Na.2H/c1-2-3-4-5-6-7-8-9-10-11-14(17)15-12-13-16;;;;/h16H,2-13H2,1H3,(H,15,17);;;;/q;2*+1;2*-1. The van der Waals surface area contributed by atoms with Crippen molar-refractivity contribution in [3.8, 4) is 0 Å². The first-order chi connectivity index (χ1) is 8.31. The predicted molar refractivity (Wildman–Crippen MR) is 74.2 cm³/mol. The van der Waals surface area contributed by atoms with Crippen LogP contribution in [0.2, 0.25) is 0 Å². The molecule has 0 aromatic rings. The molecule has 0 aromatic heterocycles. The second-order valence-corrected chi connectivity index (χ2v) is 4.65. The van der Waals surface area contributed by atoms with Crippen LogP contribution in [-0.2, 0) is 4.79 Å². The van der Waals surface area contributed by atoms with Gasteiger partial charge in [-0.1, -0.05) is 58.3 Å². The Morgan fingerprint density at radius 3 is 1.89 bits per heavy atom. The molecule has 0 unspecified atom stereocenters. The van der Waals surface area contributed by atoms with Gasteiger partial charge >= 0.3 is 59.1 Å². The largest absolute Gasteiger partial charge is 1.00 e. The van der Waals surface area contributed by atoms with Crippen LogP contribution in [0.1, 0.15) is 74.0 Å². The average Bonchev–Trinajstić information content (AvgIpc) is 2.34. The maximum Gasteiger partial charge on any atom is 1.00 e. The van der Waals surface area contributed by atoms with E-state index in [-0.39, 0.29) is 74.5 Å². The van der Waals surface area contributed by atoms with Crippen LogP contribution < -0.4 is 64.4 Å². The topological polar surface area (TPSA) is 49.3 Å². The van der Waals surface area contributed by atoms with Crippen molar-refractivity contribution in [2.75, 3.05) is 13.2 Å². The Bertz CT molecular complexity index is 190. The third-order valence-electron chi connectivity index (χ3n) is 2.94. The summed E-state index contributed by atoms with van der Waals surface area (Å²) in [5.41, 5.74) is 0. The second-order valence-electron chi connectivity index (χ2n) is 4.65. The Balaban J connectivity index is -0.000000213. The summed E-state index contributed by atoms with van der Waals surface area (Å²) < 4.78 is 0. The quantitative estimate of drug-likeness (QED) is 0.303. The summed E-state index contributed by atoms with van der Waals surface area (Å²) in [6, 6.07) is 0. The molecule has 2 N–H and O–H groups in total. The predicted octanol–water partition coefficient (Wildman–Crippen LogP) is -2.75. The normalized spacial score (nSPS) is 9.37. The fourth-order valence-electron chi connectivity index (χ4n) is 1.88. The molecule has 0 heterocycles. The van der Waals surface area contributed by atoms with Gasteiger partial charge < -0.3 is 13.3 Å². The SMILES string of the molecule is CCCCCCCCCCCC(=O)NCCO.[H-].[H-].[Na+].[Na+]. The van der Waals surface area contributed by atoms with E-state index in [0.717, 1.165) is 12.8 Å². The van der Waals surface area contributed by atoms with Crippen LogP contribution in [0.25, 0.3) is 0 Å². The fourth-order valence-corrected chi connectivity index (χ4v) is 1.88. The van der Waals surface area contributed by atoms with Gasteiger partial charge in [-0.3, -0.25) is 4.79 Å². The molecular weight excluding hydrogens is 260 g/mol. The molecular formula is C14H31NNa2O2. The van der Waals surface area contributed by atoms with Gasteiger partial charge in [-0.15, -0.1) is 0 Å². The number of unbranched alkanes of at least 4 members (excludes halogenated alkanes) is 8.